The average molecular weight is 428 g/mol. The number of benzene rings is 2. The number of rotatable bonds is 5. The van der Waals surface area contributed by atoms with Gasteiger partial charge in [-0.3, -0.25) is 9.59 Å². The highest BCUT2D eigenvalue weighted by Gasteiger charge is 2.27. The van der Waals surface area contributed by atoms with Gasteiger partial charge in [0.25, 0.3) is 5.91 Å². The van der Waals surface area contributed by atoms with Crippen molar-refractivity contribution >= 4 is 33.4 Å². The second kappa shape index (κ2) is 8.58. The number of thiazole rings is 1. The van der Waals surface area contributed by atoms with E-state index in [0.29, 0.717) is 28.7 Å². The lowest BCUT2D eigenvalue weighted by Gasteiger charge is -2.23. The molecule has 3 aromatic rings. The Hall–Kier alpha value is -3.33. The summed E-state index contributed by atoms with van der Waals surface area (Å²) in [6, 6.07) is 12.7. The van der Waals surface area contributed by atoms with Crippen molar-refractivity contribution in [2.24, 2.45) is 4.99 Å². The summed E-state index contributed by atoms with van der Waals surface area (Å²) in [5.74, 6) is 0.864. The zero-order chi connectivity index (χ0) is 21.1. The minimum absolute atomic E-state index is 0.0652. The van der Waals surface area contributed by atoms with E-state index in [1.54, 1.807) is 22.8 Å². The van der Waals surface area contributed by atoms with Crippen LogP contribution in [0.5, 0.6) is 17.2 Å². The smallest absolute Gasteiger partial charge is 0.325 e. The highest BCUT2D eigenvalue weighted by Crippen LogP contribution is 2.31. The molecule has 0 saturated carbocycles. The maximum absolute atomic E-state index is 12.8. The Morgan fingerprint density at radius 2 is 2.03 bits per heavy atom. The molecule has 156 valence electrons. The molecule has 1 amide bonds. The van der Waals surface area contributed by atoms with Gasteiger partial charge in [0.2, 0.25) is 6.10 Å². The van der Waals surface area contributed by atoms with Gasteiger partial charge in [-0.1, -0.05) is 23.5 Å². The number of esters is 1. The maximum atomic E-state index is 12.8. The summed E-state index contributed by atoms with van der Waals surface area (Å²) in [7, 11) is 1.32. The summed E-state index contributed by atoms with van der Waals surface area (Å²) in [4.78, 5) is 29.4. The quantitative estimate of drug-likeness (QED) is 0.581. The van der Waals surface area contributed by atoms with Crippen molar-refractivity contribution < 1.29 is 28.5 Å². The number of methoxy groups -OCH3 is 1. The summed E-state index contributed by atoms with van der Waals surface area (Å²) < 4.78 is 24.2. The first kappa shape index (κ1) is 20.0. The van der Waals surface area contributed by atoms with E-state index in [-0.39, 0.29) is 13.2 Å². The van der Waals surface area contributed by atoms with Crippen LogP contribution in [0.3, 0.4) is 0 Å². The van der Waals surface area contributed by atoms with Gasteiger partial charge in [0, 0.05) is 0 Å². The van der Waals surface area contributed by atoms with Crippen LogP contribution in [0.2, 0.25) is 0 Å². The third-order valence-corrected chi connectivity index (χ3v) is 5.51. The molecule has 0 bridgehead atoms. The van der Waals surface area contributed by atoms with E-state index in [0.717, 1.165) is 10.2 Å². The number of para-hydroxylation sites is 2. The van der Waals surface area contributed by atoms with E-state index < -0.39 is 18.0 Å². The number of hydrogen-bond donors (Lipinski definition) is 0. The Labute approximate surface area is 176 Å². The molecular formula is C21H20N2O6S. The van der Waals surface area contributed by atoms with E-state index in [4.69, 9.17) is 18.9 Å². The van der Waals surface area contributed by atoms with Crippen molar-refractivity contribution in [1.82, 2.24) is 4.57 Å². The molecule has 2 aromatic carbocycles. The number of nitrogens with zero attached hydrogens (tertiary/aromatic N) is 2. The molecule has 0 saturated heterocycles. The first-order chi connectivity index (χ1) is 14.6. The van der Waals surface area contributed by atoms with Crippen LogP contribution in [0.25, 0.3) is 10.2 Å². The fourth-order valence-corrected chi connectivity index (χ4v) is 4.11. The van der Waals surface area contributed by atoms with Crippen LogP contribution in [0, 0.1) is 0 Å². The molecule has 1 aliphatic rings. The van der Waals surface area contributed by atoms with Gasteiger partial charge in [0.15, 0.2) is 16.3 Å². The van der Waals surface area contributed by atoms with Crippen molar-refractivity contribution in [1.29, 1.82) is 0 Å². The molecule has 2 heterocycles. The van der Waals surface area contributed by atoms with E-state index >= 15 is 0 Å². The SMILES string of the molecule is CCOc1ccc2c(c1)sc(=NC(=O)C1COc3ccccc3O1)n2CC(=O)OC. The first-order valence-electron chi connectivity index (χ1n) is 9.39. The molecule has 8 nitrogen and oxygen atoms in total. The Morgan fingerprint density at radius 3 is 2.80 bits per heavy atom. The monoisotopic (exact) mass is 428 g/mol. The van der Waals surface area contributed by atoms with Gasteiger partial charge in [0.1, 0.15) is 18.9 Å². The van der Waals surface area contributed by atoms with Crippen LogP contribution < -0.4 is 19.0 Å². The normalized spacial score (nSPS) is 15.8. The lowest BCUT2D eigenvalue weighted by atomic mass is 10.2. The largest absolute Gasteiger partial charge is 0.494 e. The molecule has 1 unspecified atom stereocenters. The molecule has 0 spiro atoms. The number of amides is 1. The fourth-order valence-electron chi connectivity index (χ4n) is 3.05. The van der Waals surface area contributed by atoms with Crippen molar-refractivity contribution in [2.75, 3.05) is 20.3 Å². The molecule has 1 aromatic heterocycles. The highest BCUT2D eigenvalue weighted by atomic mass is 32.1. The van der Waals surface area contributed by atoms with Crippen molar-refractivity contribution in [3.05, 3.63) is 47.3 Å². The number of ether oxygens (including phenoxy) is 4. The van der Waals surface area contributed by atoms with Crippen LogP contribution in [-0.4, -0.2) is 42.9 Å². The average Bonchev–Trinajstić information content (AvgIpc) is 3.09. The lowest BCUT2D eigenvalue weighted by molar-refractivity contribution is -0.141. The third kappa shape index (κ3) is 4.02. The van der Waals surface area contributed by atoms with Gasteiger partial charge in [-0.15, -0.1) is 0 Å². The Morgan fingerprint density at radius 1 is 1.23 bits per heavy atom. The summed E-state index contributed by atoms with van der Waals surface area (Å²) in [6.07, 6.45) is -0.865. The lowest BCUT2D eigenvalue weighted by Crippen LogP contribution is -2.37. The molecule has 0 radical (unpaired) electrons. The molecule has 0 N–H and O–H groups in total. The van der Waals surface area contributed by atoms with Gasteiger partial charge in [-0.05, 0) is 37.3 Å². The number of aromatic nitrogens is 1. The predicted octanol–water partition coefficient (Wildman–Crippen LogP) is 2.54. The maximum Gasteiger partial charge on any atom is 0.325 e. The van der Waals surface area contributed by atoms with Gasteiger partial charge in [-0.25, -0.2) is 0 Å². The third-order valence-electron chi connectivity index (χ3n) is 4.47. The van der Waals surface area contributed by atoms with Gasteiger partial charge >= 0.3 is 5.97 Å². The van der Waals surface area contributed by atoms with Crippen LogP contribution in [-0.2, 0) is 20.9 Å². The predicted molar refractivity (Wildman–Crippen MR) is 110 cm³/mol. The molecular weight excluding hydrogens is 408 g/mol. The first-order valence-corrected chi connectivity index (χ1v) is 10.2. The van der Waals surface area contributed by atoms with Crippen LogP contribution in [0.15, 0.2) is 47.5 Å². The standard InChI is InChI=1S/C21H20N2O6S/c1-3-27-13-8-9-14-18(10-13)30-21(23(14)11-19(24)26-2)22-20(25)17-12-28-15-6-4-5-7-16(15)29-17/h4-10,17H,3,11-12H2,1-2H3. The fraction of sp³-hybridized carbons (Fsp3) is 0.286. The molecule has 0 fully saturated rings. The van der Waals surface area contributed by atoms with Gasteiger partial charge in [-0.2, -0.15) is 4.99 Å². The number of hydrogen-bond acceptors (Lipinski definition) is 7. The van der Waals surface area contributed by atoms with E-state index in [1.165, 1.54) is 18.4 Å². The van der Waals surface area contributed by atoms with E-state index in [1.807, 2.05) is 31.2 Å². The van der Waals surface area contributed by atoms with Crippen molar-refractivity contribution in [3.8, 4) is 17.2 Å². The zero-order valence-electron chi connectivity index (χ0n) is 16.5. The summed E-state index contributed by atoms with van der Waals surface area (Å²) in [5, 5.41) is 0. The minimum Gasteiger partial charge on any atom is -0.494 e. The Bertz CT molecular complexity index is 1170. The second-order valence-corrected chi connectivity index (χ2v) is 7.43. The van der Waals surface area contributed by atoms with Gasteiger partial charge < -0.3 is 23.5 Å². The number of carbonyl (C=O) groups is 2. The second-order valence-electron chi connectivity index (χ2n) is 6.42. The highest BCUT2D eigenvalue weighted by molar-refractivity contribution is 7.16. The summed E-state index contributed by atoms with van der Waals surface area (Å²) in [5.41, 5.74) is 0.756. The minimum atomic E-state index is -0.865. The van der Waals surface area contributed by atoms with Gasteiger partial charge in [0.05, 0.1) is 23.9 Å². The molecule has 0 aliphatic carbocycles. The molecule has 4 rings (SSSR count). The van der Waals surface area contributed by atoms with Crippen LogP contribution in [0.4, 0.5) is 0 Å². The zero-order valence-corrected chi connectivity index (χ0v) is 17.3. The Kier molecular flexibility index (Phi) is 5.71. The topological polar surface area (TPSA) is 88.4 Å². The van der Waals surface area contributed by atoms with Crippen molar-refractivity contribution in [3.63, 3.8) is 0 Å². The molecule has 9 heteroatoms. The van der Waals surface area contributed by atoms with Crippen LogP contribution in [0.1, 0.15) is 6.92 Å². The van der Waals surface area contributed by atoms with Crippen molar-refractivity contribution in [2.45, 2.75) is 19.6 Å². The summed E-state index contributed by atoms with van der Waals surface area (Å²) in [6.45, 7) is 2.44. The molecule has 1 atom stereocenters. The Balaban J connectivity index is 1.70. The van der Waals surface area contributed by atoms with Crippen LogP contribution >= 0.6 is 11.3 Å². The van der Waals surface area contributed by atoms with E-state index in [9.17, 15) is 9.59 Å². The summed E-state index contributed by atoms with van der Waals surface area (Å²) >= 11 is 1.29. The molecule has 30 heavy (non-hydrogen) atoms. The van der Waals surface area contributed by atoms with E-state index in [2.05, 4.69) is 4.99 Å². The molecule has 1 aliphatic heterocycles. The number of carbonyl (C=O) groups excluding carboxylic acids is 2. The number of fused-ring (bicyclic) bond motifs is 2.